The smallest absolute Gasteiger partial charge is 0.249 e. The van der Waals surface area contributed by atoms with Crippen LogP contribution in [0.2, 0.25) is 0 Å². The summed E-state index contributed by atoms with van der Waals surface area (Å²) < 4.78 is 5.15. The fourth-order valence-electron chi connectivity index (χ4n) is 1.33. The molecular weight excluding hydrogens is 172 g/mol. The second-order valence-corrected chi connectivity index (χ2v) is 2.99. The van der Waals surface area contributed by atoms with E-state index in [2.05, 4.69) is 5.32 Å². The molecule has 0 aromatic carbocycles. The van der Waals surface area contributed by atoms with Crippen LogP contribution in [0, 0.1) is 0 Å². The predicted octanol–water partition coefficient (Wildman–Crippen LogP) is -0.845. The van der Waals surface area contributed by atoms with Crippen molar-refractivity contribution in [1.82, 2.24) is 5.32 Å². The number of primary amides is 1. The second kappa shape index (κ2) is 4.23. The van der Waals surface area contributed by atoms with Gasteiger partial charge >= 0.3 is 0 Å². The molecule has 0 aliphatic carbocycles. The van der Waals surface area contributed by atoms with Crippen molar-refractivity contribution in [2.24, 2.45) is 5.73 Å². The minimum Gasteiger partial charge on any atom is -0.367 e. The molecule has 3 N–H and O–H groups in total. The molecule has 74 valence electrons. The Labute approximate surface area is 76.6 Å². The van der Waals surface area contributed by atoms with Gasteiger partial charge in [-0.2, -0.15) is 0 Å². The molecule has 1 aliphatic rings. The van der Waals surface area contributed by atoms with Gasteiger partial charge in [0.1, 0.15) is 12.2 Å². The normalized spacial score (nSPS) is 27.2. The molecule has 1 saturated heterocycles. The summed E-state index contributed by atoms with van der Waals surface area (Å²) in [5, 5.41) is 2.63. The van der Waals surface area contributed by atoms with Gasteiger partial charge in [-0.3, -0.25) is 9.59 Å². The molecule has 1 fully saturated rings. The fourth-order valence-corrected chi connectivity index (χ4v) is 1.33. The van der Waals surface area contributed by atoms with Gasteiger partial charge in [0.2, 0.25) is 11.8 Å². The van der Waals surface area contributed by atoms with Crippen LogP contribution in [0.25, 0.3) is 0 Å². The van der Waals surface area contributed by atoms with Crippen LogP contribution in [0.1, 0.15) is 19.8 Å². The number of carbonyl (C=O) groups is 2. The van der Waals surface area contributed by atoms with Gasteiger partial charge in [0.15, 0.2) is 0 Å². The summed E-state index contributed by atoms with van der Waals surface area (Å²) in [7, 11) is 0. The highest BCUT2D eigenvalue weighted by Crippen LogP contribution is 2.19. The zero-order chi connectivity index (χ0) is 9.84. The summed E-state index contributed by atoms with van der Waals surface area (Å²) in [4.78, 5) is 21.9. The van der Waals surface area contributed by atoms with Gasteiger partial charge in [-0.1, -0.05) is 0 Å². The van der Waals surface area contributed by atoms with Crippen molar-refractivity contribution in [3.8, 4) is 0 Å². The topological polar surface area (TPSA) is 81.4 Å². The minimum absolute atomic E-state index is 0.161. The predicted molar refractivity (Wildman–Crippen MR) is 45.8 cm³/mol. The monoisotopic (exact) mass is 186 g/mol. The first-order chi connectivity index (χ1) is 6.15. The van der Waals surface area contributed by atoms with Gasteiger partial charge in [-0.15, -0.1) is 0 Å². The third-order valence-electron chi connectivity index (χ3n) is 1.98. The van der Waals surface area contributed by atoms with Crippen molar-refractivity contribution in [3.05, 3.63) is 0 Å². The van der Waals surface area contributed by atoms with Crippen LogP contribution < -0.4 is 11.1 Å². The zero-order valence-electron chi connectivity index (χ0n) is 7.58. The van der Waals surface area contributed by atoms with Crippen LogP contribution in [0.4, 0.5) is 0 Å². The molecule has 0 saturated carbocycles. The number of rotatable bonds is 3. The SMILES string of the molecule is CCNC(=O)C1CCC(C(N)=O)O1. The van der Waals surface area contributed by atoms with E-state index in [4.69, 9.17) is 10.5 Å². The molecule has 13 heavy (non-hydrogen) atoms. The maximum Gasteiger partial charge on any atom is 0.249 e. The average Bonchev–Trinajstić information content (AvgIpc) is 2.52. The number of amides is 2. The Morgan fingerprint density at radius 2 is 2.08 bits per heavy atom. The summed E-state index contributed by atoms with van der Waals surface area (Å²) >= 11 is 0. The molecular formula is C8H14N2O3. The number of nitrogens with one attached hydrogen (secondary N) is 1. The summed E-state index contributed by atoms with van der Waals surface area (Å²) in [6.07, 6.45) is 0.0152. The second-order valence-electron chi connectivity index (χ2n) is 2.99. The quantitative estimate of drug-likeness (QED) is 0.602. The first-order valence-corrected chi connectivity index (χ1v) is 4.37. The number of likely N-dealkylation sites (N-methyl/N-ethyl adjacent to an activating group) is 1. The average molecular weight is 186 g/mol. The van der Waals surface area contributed by atoms with Gasteiger partial charge in [0.25, 0.3) is 0 Å². The highest BCUT2D eigenvalue weighted by atomic mass is 16.5. The molecule has 0 aromatic heterocycles. The Hall–Kier alpha value is -1.10. The van der Waals surface area contributed by atoms with Crippen molar-refractivity contribution in [3.63, 3.8) is 0 Å². The Balaban J connectivity index is 2.40. The number of nitrogens with two attached hydrogens (primary N) is 1. The maximum atomic E-state index is 11.2. The third-order valence-corrected chi connectivity index (χ3v) is 1.98. The summed E-state index contributed by atoms with van der Waals surface area (Å²) in [5.41, 5.74) is 5.04. The molecule has 1 heterocycles. The van der Waals surface area contributed by atoms with Gasteiger partial charge < -0.3 is 15.8 Å². The van der Waals surface area contributed by atoms with Gasteiger partial charge in [0.05, 0.1) is 0 Å². The molecule has 2 unspecified atom stereocenters. The van der Waals surface area contributed by atoms with Gasteiger partial charge in [0, 0.05) is 6.54 Å². The maximum absolute atomic E-state index is 11.2. The van der Waals surface area contributed by atoms with E-state index in [1.165, 1.54) is 0 Å². The third kappa shape index (κ3) is 2.42. The highest BCUT2D eigenvalue weighted by Gasteiger charge is 2.33. The number of ether oxygens (including phenoxy) is 1. The molecule has 0 spiro atoms. The number of carbonyl (C=O) groups excluding carboxylic acids is 2. The van der Waals surface area contributed by atoms with Crippen molar-refractivity contribution in [2.45, 2.75) is 32.0 Å². The molecule has 1 rings (SSSR count). The van der Waals surface area contributed by atoms with E-state index in [1.54, 1.807) is 0 Å². The van der Waals surface area contributed by atoms with Crippen molar-refractivity contribution >= 4 is 11.8 Å². The van der Waals surface area contributed by atoms with Crippen LogP contribution in [0.3, 0.4) is 0 Å². The molecule has 0 radical (unpaired) electrons. The Bertz CT molecular complexity index is 217. The van der Waals surface area contributed by atoms with E-state index in [-0.39, 0.29) is 5.91 Å². The van der Waals surface area contributed by atoms with Gasteiger partial charge in [-0.25, -0.2) is 0 Å². The Kier molecular flexibility index (Phi) is 3.25. The Morgan fingerprint density at radius 1 is 1.46 bits per heavy atom. The first kappa shape index (κ1) is 9.98. The van der Waals surface area contributed by atoms with Crippen LogP contribution in [0.15, 0.2) is 0 Å². The van der Waals surface area contributed by atoms with Crippen molar-refractivity contribution in [2.75, 3.05) is 6.54 Å². The lowest BCUT2D eigenvalue weighted by atomic mass is 10.2. The van der Waals surface area contributed by atoms with Gasteiger partial charge in [-0.05, 0) is 19.8 Å². The highest BCUT2D eigenvalue weighted by molar-refractivity contribution is 5.84. The number of hydrogen-bond donors (Lipinski definition) is 2. The van der Waals surface area contributed by atoms with E-state index in [0.717, 1.165) is 0 Å². The zero-order valence-corrected chi connectivity index (χ0v) is 7.58. The van der Waals surface area contributed by atoms with E-state index >= 15 is 0 Å². The van der Waals surface area contributed by atoms with Crippen molar-refractivity contribution in [1.29, 1.82) is 0 Å². The largest absolute Gasteiger partial charge is 0.367 e. The molecule has 1 aliphatic heterocycles. The van der Waals surface area contributed by atoms with Crippen LogP contribution in [-0.2, 0) is 14.3 Å². The standard InChI is InChI=1S/C8H14N2O3/c1-2-10-8(12)6-4-3-5(13-6)7(9)11/h5-6H,2-4H2,1H3,(H2,9,11)(H,10,12). The summed E-state index contributed by atoms with van der Waals surface area (Å²) in [5.74, 6) is -0.655. The number of hydrogen-bond acceptors (Lipinski definition) is 3. The van der Waals surface area contributed by atoms with Crippen LogP contribution in [0.5, 0.6) is 0 Å². The lowest BCUT2D eigenvalue weighted by Gasteiger charge is -2.10. The molecule has 0 bridgehead atoms. The summed E-state index contributed by atoms with van der Waals surface area (Å²) in [6, 6.07) is 0. The molecule has 2 atom stereocenters. The summed E-state index contributed by atoms with van der Waals surface area (Å²) in [6.45, 7) is 2.40. The van der Waals surface area contributed by atoms with Crippen molar-refractivity contribution < 1.29 is 14.3 Å². The van der Waals surface area contributed by atoms with E-state index < -0.39 is 18.1 Å². The van der Waals surface area contributed by atoms with E-state index in [1.807, 2.05) is 6.92 Å². The molecule has 5 heteroatoms. The molecule has 2 amide bonds. The fraction of sp³-hybridized carbons (Fsp3) is 0.750. The minimum atomic E-state index is -0.590. The van der Waals surface area contributed by atoms with Crippen LogP contribution >= 0.6 is 0 Å². The van der Waals surface area contributed by atoms with E-state index in [0.29, 0.717) is 19.4 Å². The Morgan fingerprint density at radius 3 is 2.54 bits per heavy atom. The first-order valence-electron chi connectivity index (χ1n) is 4.37. The van der Waals surface area contributed by atoms with E-state index in [9.17, 15) is 9.59 Å². The lowest BCUT2D eigenvalue weighted by molar-refractivity contribution is -0.137. The molecule has 5 nitrogen and oxygen atoms in total. The van der Waals surface area contributed by atoms with Crippen LogP contribution in [-0.4, -0.2) is 30.6 Å². The lowest BCUT2D eigenvalue weighted by Crippen LogP contribution is -2.36. The molecule has 0 aromatic rings.